The fourth-order valence-electron chi connectivity index (χ4n) is 3.01. The van der Waals surface area contributed by atoms with E-state index in [1.165, 1.54) is 19.4 Å². The van der Waals surface area contributed by atoms with Gasteiger partial charge in [0.25, 0.3) is 0 Å². The van der Waals surface area contributed by atoms with Gasteiger partial charge in [-0.05, 0) is 45.0 Å². The first-order valence-electron chi connectivity index (χ1n) is 8.94. The number of likely N-dealkylation sites (N-methyl/N-ethyl adjacent to an activating group) is 1. The predicted molar refractivity (Wildman–Crippen MR) is 102 cm³/mol. The fourth-order valence-corrected chi connectivity index (χ4v) is 3.99. The number of nitrogens with zero attached hydrogens (tertiary/aromatic N) is 2. The number of hydrogen-bond acceptors (Lipinski definition) is 3. The molecule has 0 radical (unpaired) electrons. The third-order valence-electron chi connectivity index (χ3n) is 4.30. The highest BCUT2D eigenvalue weighted by molar-refractivity contribution is 7.85. The zero-order valence-corrected chi connectivity index (χ0v) is 15.6. The van der Waals surface area contributed by atoms with Crippen molar-refractivity contribution in [2.24, 2.45) is 4.99 Å². The number of nitrogens with one attached hydrogen (secondary N) is 2. The van der Waals surface area contributed by atoms with E-state index in [0.717, 1.165) is 30.5 Å². The molecule has 2 rings (SSSR count). The molecule has 0 saturated carbocycles. The molecule has 2 unspecified atom stereocenters. The fraction of sp³-hybridized carbons (Fsp3) is 0.611. The molecular formula is C18H30N4OS. The molecule has 1 aliphatic heterocycles. The molecule has 1 aromatic rings. The molecule has 1 saturated heterocycles. The summed E-state index contributed by atoms with van der Waals surface area (Å²) < 4.78 is 12.2. The van der Waals surface area contributed by atoms with Gasteiger partial charge in [-0.1, -0.05) is 25.1 Å². The van der Waals surface area contributed by atoms with Crippen molar-refractivity contribution in [2.45, 2.75) is 37.6 Å². The molecule has 0 aliphatic carbocycles. The lowest BCUT2D eigenvalue weighted by molar-refractivity contribution is 0.273. The van der Waals surface area contributed by atoms with Crippen molar-refractivity contribution in [1.82, 2.24) is 15.5 Å². The lowest BCUT2D eigenvalue weighted by atomic mass is 10.2. The molecule has 1 heterocycles. The van der Waals surface area contributed by atoms with Crippen LogP contribution in [0.25, 0.3) is 0 Å². The van der Waals surface area contributed by atoms with Crippen molar-refractivity contribution < 1.29 is 4.21 Å². The summed E-state index contributed by atoms with van der Waals surface area (Å²) in [6.07, 6.45) is 2.50. The maximum absolute atomic E-state index is 12.2. The Bertz CT molecular complexity index is 535. The van der Waals surface area contributed by atoms with Gasteiger partial charge in [-0.15, -0.1) is 0 Å². The summed E-state index contributed by atoms with van der Waals surface area (Å²) in [5.41, 5.74) is 0. The Labute approximate surface area is 148 Å². The minimum atomic E-state index is -0.970. The molecule has 5 nitrogen and oxygen atoms in total. The standard InChI is InChI=1S/C18H30N4OS/c1-3-19-18(21-15-16-9-8-13-22(16)4-2)20-12-14-24(23)17-10-6-5-7-11-17/h5-7,10-11,16H,3-4,8-9,12-15H2,1-2H3,(H2,19,20,21). The zero-order valence-electron chi connectivity index (χ0n) is 14.8. The average molecular weight is 351 g/mol. The molecule has 1 aliphatic rings. The number of aliphatic imine (C=N–C) groups is 1. The van der Waals surface area contributed by atoms with E-state index in [-0.39, 0.29) is 0 Å². The summed E-state index contributed by atoms with van der Waals surface area (Å²) in [4.78, 5) is 8.09. The molecule has 1 fully saturated rings. The van der Waals surface area contributed by atoms with Crippen molar-refractivity contribution in [2.75, 3.05) is 38.5 Å². The average Bonchev–Trinajstić information content (AvgIpc) is 3.08. The van der Waals surface area contributed by atoms with Crippen LogP contribution in [0.5, 0.6) is 0 Å². The lowest BCUT2D eigenvalue weighted by Crippen LogP contribution is -2.40. The van der Waals surface area contributed by atoms with Gasteiger partial charge < -0.3 is 10.6 Å². The van der Waals surface area contributed by atoms with Crippen LogP contribution in [-0.2, 0) is 10.8 Å². The highest BCUT2D eigenvalue weighted by Gasteiger charge is 2.22. The molecule has 0 spiro atoms. The maximum atomic E-state index is 12.2. The Morgan fingerprint density at radius 1 is 1.29 bits per heavy atom. The third-order valence-corrected chi connectivity index (χ3v) is 5.67. The van der Waals surface area contributed by atoms with Crippen LogP contribution in [0.1, 0.15) is 26.7 Å². The summed E-state index contributed by atoms with van der Waals surface area (Å²) in [5, 5.41) is 6.58. The van der Waals surface area contributed by atoms with Gasteiger partial charge in [-0.25, -0.2) is 0 Å². The van der Waals surface area contributed by atoms with Gasteiger partial charge in [0.2, 0.25) is 0 Å². The van der Waals surface area contributed by atoms with E-state index in [0.29, 0.717) is 18.3 Å². The third kappa shape index (κ3) is 5.91. The minimum absolute atomic E-state index is 0.559. The SMILES string of the molecule is CCNC(=NCC1CCCN1CC)NCCS(=O)c1ccccc1. The molecule has 6 heteroatoms. The first-order chi connectivity index (χ1) is 11.7. The van der Waals surface area contributed by atoms with Crippen LogP contribution in [0, 0.1) is 0 Å². The van der Waals surface area contributed by atoms with E-state index in [2.05, 4.69) is 29.4 Å². The molecule has 2 atom stereocenters. The van der Waals surface area contributed by atoms with Gasteiger partial charge in [-0.3, -0.25) is 14.1 Å². The summed E-state index contributed by atoms with van der Waals surface area (Å²) in [7, 11) is -0.970. The van der Waals surface area contributed by atoms with Crippen molar-refractivity contribution in [3.8, 4) is 0 Å². The van der Waals surface area contributed by atoms with Gasteiger partial charge in [0, 0.05) is 29.8 Å². The molecule has 24 heavy (non-hydrogen) atoms. The summed E-state index contributed by atoms with van der Waals surface area (Å²) in [5.74, 6) is 1.41. The van der Waals surface area contributed by atoms with Gasteiger partial charge >= 0.3 is 0 Å². The Morgan fingerprint density at radius 2 is 2.08 bits per heavy atom. The van der Waals surface area contributed by atoms with Crippen LogP contribution in [0.4, 0.5) is 0 Å². The number of likely N-dealkylation sites (tertiary alicyclic amines) is 1. The Kier molecular flexibility index (Phi) is 8.25. The Hall–Kier alpha value is -1.40. The number of hydrogen-bond donors (Lipinski definition) is 2. The summed E-state index contributed by atoms with van der Waals surface area (Å²) in [6.45, 7) is 8.87. The van der Waals surface area contributed by atoms with Gasteiger partial charge in [-0.2, -0.15) is 0 Å². The number of benzene rings is 1. The zero-order chi connectivity index (χ0) is 17.2. The Balaban J connectivity index is 1.80. The largest absolute Gasteiger partial charge is 0.357 e. The second kappa shape index (κ2) is 10.5. The van der Waals surface area contributed by atoms with Crippen molar-refractivity contribution in [3.05, 3.63) is 30.3 Å². The molecule has 0 bridgehead atoms. The van der Waals surface area contributed by atoms with Crippen molar-refractivity contribution in [1.29, 1.82) is 0 Å². The van der Waals surface area contributed by atoms with E-state index in [1.807, 2.05) is 30.3 Å². The van der Waals surface area contributed by atoms with Crippen LogP contribution in [0.15, 0.2) is 40.2 Å². The van der Waals surface area contributed by atoms with E-state index in [4.69, 9.17) is 4.99 Å². The molecule has 0 aromatic heterocycles. The van der Waals surface area contributed by atoms with Gasteiger partial charge in [0.1, 0.15) is 0 Å². The molecule has 134 valence electrons. The molecule has 0 amide bonds. The number of rotatable bonds is 8. The van der Waals surface area contributed by atoms with Crippen molar-refractivity contribution >= 4 is 16.8 Å². The summed E-state index contributed by atoms with van der Waals surface area (Å²) in [6, 6.07) is 10.2. The quantitative estimate of drug-likeness (QED) is 0.555. The molecular weight excluding hydrogens is 320 g/mol. The highest BCUT2D eigenvalue weighted by Crippen LogP contribution is 2.16. The minimum Gasteiger partial charge on any atom is -0.357 e. The van der Waals surface area contributed by atoms with E-state index in [9.17, 15) is 4.21 Å². The predicted octanol–water partition coefficient (Wildman–Crippen LogP) is 1.83. The van der Waals surface area contributed by atoms with Gasteiger partial charge in [0.05, 0.1) is 17.3 Å². The topological polar surface area (TPSA) is 56.7 Å². The lowest BCUT2D eigenvalue weighted by Gasteiger charge is -2.21. The first kappa shape index (κ1) is 18.9. The van der Waals surface area contributed by atoms with Crippen LogP contribution in [0.2, 0.25) is 0 Å². The van der Waals surface area contributed by atoms with E-state index >= 15 is 0 Å². The summed E-state index contributed by atoms with van der Waals surface area (Å²) >= 11 is 0. The molecule has 2 N–H and O–H groups in total. The van der Waals surface area contributed by atoms with E-state index < -0.39 is 10.8 Å². The smallest absolute Gasteiger partial charge is 0.191 e. The second-order valence-corrected chi connectivity index (χ2v) is 7.50. The first-order valence-corrected chi connectivity index (χ1v) is 10.3. The Morgan fingerprint density at radius 3 is 2.79 bits per heavy atom. The van der Waals surface area contributed by atoms with Crippen LogP contribution in [-0.4, -0.2) is 59.6 Å². The normalized spacial score (nSPS) is 20.1. The van der Waals surface area contributed by atoms with Crippen molar-refractivity contribution in [3.63, 3.8) is 0 Å². The molecule has 1 aromatic carbocycles. The van der Waals surface area contributed by atoms with Crippen LogP contribution in [0.3, 0.4) is 0 Å². The monoisotopic (exact) mass is 350 g/mol. The van der Waals surface area contributed by atoms with Crippen LogP contribution >= 0.6 is 0 Å². The second-order valence-electron chi connectivity index (χ2n) is 5.93. The maximum Gasteiger partial charge on any atom is 0.191 e. The highest BCUT2D eigenvalue weighted by atomic mass is 32.2. The van der Waals surface area contributed by atoms with E-state index in [1.54, 1.807) is 0 Å². The van der Waals surface area contributed by atoms with Crippen LogP contribution < -0.4 is 10.6 Å². The number of guanidine groups is 1. The van der Waals surface area contributed by atoms with Gasteiger partial charge in [0.15, 0.2) is 5.96 Å².